The number of rotatable bonds is 8. The third-order valence-electron chi connectivity index (χ3n) is 3.40. The quantitative estimate of drug-likeness (QED) is 0.135. The van der Waals surface area contributed by atoms with Gasteiger partial charge in [0.1, 0.15) is 23.7 Å². The molecular formula is C18H17NO7. The number of nitrogens with zero attached hydrogens (tertiary/aromatic N) is 1. The van der Waals surface area contributed by atoms with Crippen LogP contribution in [0, 0.1) is 10.1 Å². The molecule has 0 spiro atoms. The monoisotopic (exact) mass is 359 g/mol. The number of carbonyl (C=O) groups is 2. The maximum Gasteiger partial charge on any atom is 0.341 e. The topological polar surface area (TPSA) is 109 Å². The van der Waals surface area contributed by atoms with Gasteiger partial charge in [-0.3, -0.25) is 14.9 Å². The standard InChI is InChI=1S/C18H17NO7/c1-12(20)16(18(21)25-10-9-24-2)11-15-7-8-17(26-15)13-3-5-14(6-4-13)19(22)23/h3-8,11H,9-10H2,1-2H3/b16-11+. The van der Waals surface area contributed by atoms with Gasteiger partial charge in [0.05, 0.1) is 11.5 Å². The third kappa shape index (κ3) is 4.87. The van der Waals surface area contributed by atoms with Crippen LogP contribution in [-0.4, -0.2) is 37.0 Å². The lowest BCUT2D eigenvalue weighted by Gasteiger charge is -2.05. The smallest absolute Gasteiger partial charge is 0.341 e. The molecule has 8 heteroatoms. The molecule has 0 aliphatic heterocycles. The number of hydrogen-bond donors (Lipinski definition) is 0. The van der Waals surface area contributed by atoms with Crippen LogP contribution in [-0.2, 0) is 19.1 Å². The van der Waals surface area contributed by atoms with Gasteiger partial charge in [0.25, 0.3) is 5.69 Å². The van der Waals surface area contributed by atoms with Crippen molar-refractivity contribution >= 4 is 23.5 Å². The van der Waals surface area contributed by atoms with Crippen molar-refractivity contribution in [1.82, 2.24) is 0 Å². The zero-order chi connectivity index (χ0) is 19.1. The molecule has 0 N–H and O–H groups in total. The minimum Gasteiger partial charge on any atom is -0.460 e. The lowest BCUT2D eigenvalue weighted by atomic mass is 10.1. The molecule has 0 unspecified atom stereocenters. The van der Waals surface area contributed by atoms with Crippen LogP contribution in [0.4, 0.5) is 5.69 Å². The normalized spacial score (nSPS) is 11.2. The van der Waals surface area contributed by atoms with Gasteiger partial charge in [-0.1, -0.05) is 0 Å². The fourth-order valence-corrected chi connectivity index (χ4v) is 2.07. The molecule has 2 rings (SSSR count). The first-order valence-electron chi connectivity index (χ1n) is 7.65. The molecule has 136 valence electrons. The van der Waals surface area contributed by atoms with E-state index < -0.39 is 16.7 Å². The fourth-order valence-electron chi connectivity index (χ4n) is 2.07. The number of non-ortho nitro benzene ring substituents is 1. The zero-order valence-corrected chi connectivity index (χ0v) is 14.3. The molecule has 1 aromatic heterocycles. The minimum absolute atomic E-state index is 0.0295. The third-order valence-corrected chi connectivity index (χ3v) is 3.40. The van der Waals surface area contributed by atoms with Gasteiger partial charge < -0.3 is 13.9 Å². The maximum absolute atomic E-state index is 12.0. The van der Waals surface area contributed by atoms with Gasteiger partial charge >= 0.3 is 5.97 Å². The number of nitro groups is 1. The minimum atomic E-state index is -0.761. The number of benzene rings is 1. The Labute approximate surface area is 149 Å². The average Bonchev–Trinajstić information content (AvgIpc) is 3.08. The fraction of sp³-hybridized carbons (Fsp3) is 0.222. The predicted molar refractivity (Wildman–Crippen MR) is 92.3 cm³/mol. The number of carbonyl (C=O) groups excluding carboxylic acids is 2. The summed E-state index contributed by atoms with van der Waals surface area (Å²) in [4.78, 5) is 33.9. The highest BCUT2D eigenvalue weighted by atomic mass is 16.6. The predicted octanol–water partition coefficient (Wildman–Crippen LogP) is 3.02. The van der Waals surface area contributed by atoms with E-state index in [9.17, 15) is 19.7 Å². The van der Waals surface area contributed by atoms with Crippen LogP contribution in [0.5, 0.6) is 0 Å². The highest BCUT2D eigenvalue weighted by Crippen LogP contribution is 2.25. The summed E-state index contributed by atoms with van der Waals surface area (Å²) < 4.78 is 15.3. The van der Waals surface area contributed by atoms with Crippen molar-refractivity contribution < 1.29 is 28.4 Å². The molecule has 8 nitrogen and oxygen atoms in total. The van der Waals surface area contributed by atoms with Crippen LogP contribution < -0.4 is 0 Å². The number of ether oxygens (including phenoxy) is 2. The first-order valence-corrected chi connectivity index (χ1v) is 7.65. The Morgan fingerprint density at radius 1 is 1.15 bits per heavy atom. The maximum atomic E-state index is 12.0. The van der Waals surface area contributed by atoms with Gasteiger partial charge in [-0.05, 0) is 37.3 Å². The Kier molecular flexibility index (Phi) is 6.40. The molecule has 0 radical (unpaired) electrons. The summed E-state index contributed by atoms with van der Waals surface area (Å²) in [6.07, 6.45) is 1.30. The number of esters is 1. The van der Waals surface area contributed by atoms with E-state index in [-0.39, 0.29) is 30.2 Å². The Bertz CT molecular complexity index is 833. The van der Waals surface area contributed by atoms with Crippen molar-refractivity contribution in [3.63, 3.8) is 0 Å². The molecule has 0 atom stereocenters. The van der Waals surface area contributed by atoms with Crippen LogP contribution in [0.1, 0.15) is 12.7 Å². The van der Waals surface area contributed by atoms with Crippen LogP contribution in [0.2, 0.25) is 0 Å². The van der Waals surface area contributed by atoms with E-state index in [0.29, 0.717) is 11.3 Å². The van der Waals surface area contributed by atoms with E-state index in [1.54, 1.807) is 24.3 Å². The molecular weight excluding hydrogens is 342 g/mol. The number of methoxy groups -OCH3 is 1. The lowest BCUT2D eigenvalue weighted by Crippen LogP contribution is -2.16. The van der Waals surface area contributed by atoms with E-state index in [0.717, 1.165) is 0 Å². The van der Waals surface area contributed by atoms with Crippen molar-refractivity contribution in [2.24, 2.45) is 0 Å². The molecule has 0 fully saturated rings. The van der Waals surface area contributed by atoms with E-state index in [2.05, 4.69) is 0 Å². The molecule has 0 amide bonds. The number of Topliss-reactive ketones (excluding diaryl/α,β-unsaturated/α-hetero) is 1. The highest BCUT2D eigenvalue weighted by molar-refractivity contribution is 6.19. The molecule has 2 aromatic rings. The van der Waals surface area contributed by atoms with Crippen molar-refractivity contribution in [2.45, 2.75) is 6.92 Å². The Morgan fingerprint density at radius 3 is 2.42 bits per heavy atom. The van der Waals surface area contributed by atoms with Crippen LogP contribution in [0.25, 0.3) is 17.4 Å². The second kappa shape index (κ2) is 8.72. The first kappa shape index (κ1) is 19.1. The van der Waals surface area contributed by atoms with Crippen molar-refractivity contribution in [3.05, 3.63) is 57.8 Å². The summed E-state index contributed by atoms with van der Waals surface area (Å²) in [5, 5.41) is 10.7. The van der Waals surface area contributed by atoms with Crippen molar-refractivity contribution in [2.75, 3.05) is 20.3 Å². The molecule has 26 heavy (non-hydrogen) atoms. The Balaban J connectivity index is 2.20. The van der Waals surface area contributed by atoms with Gasteiger partial charge in [0.15, 0.2) is 5.78 Å². The van der Waals surface area contributed by atoms with Crippen molar-refractivity contribution in [3.8, 4) is 11.3 Å². The largest absolute Gasteiger partial charge is 0.460 e. The molecule has 0 saturated heterocycles. The summed E-state index contributed by atoms with van der Waals surface area (Å²) >= 11 is 0. The number of nitro benzene ring substituents is 1. The van der Waals surface area contributed by atoms with E-state index >= 15 is 0 Å². The second-order valence-corrected chi connectivity index (χ2v) is 5.25. The Morgan fingerprint density at radius 2 is 1.85 bits per heavy atom. The number of hydrogen-bond acceptors (Lipinski definition) is 7. The van der Waals surface area contributed by atoms with Crippen LogP contribution in [0.15, 0.2) is 46.4 Å². The van der Waals surface area contributed by atoms with E-state index in [1.807, 2.05) is 0 Å². The molecule has 0 aliphatic carbocycles. The summed E-state index contributed by atoms with van der Waals surface area (Å²) in [6.45, 7) is 1.51. The first-order chi connectivity index (χ1) is 12.4. The SMILES string of the molecule is COCCOC(=O)/C(=C/c1ccc(-c2ccc([N+](=O)[O-])cc2)o1)C(C)=O. The molecule has 0 saturated carbocycles. The number of furan rings is 1. The second-order valence-electron chi connectivity index (χ2n) is 5.25. The Hall–Kier alpha value is -3.26. The number of ketones is 1. The van der Waals surface area contributed by atoms with Crippen LogP contribution in [0.3, 0.4) is 0 Å². The van der Waals surface area contributed by atoms with Gasteiger partial charge in [-0.25, -0.2) is 4.79 Å². The van der Waals surface area contributed by atoms with E-state index in [1.165, 1.54) is 32.2 Å². The summed E-state index contributed by atoms with van der Waals surface area (Å²) in [5.41, 5.74) is 0.450. The van der Waals surface area contributed by atoms with Crippen molar-refractivity contribution in [1.29, 1.82) is 0 Å². The summed E-state index contributed by atoms with van der Waals surface area (Å²) in [6, 6.07) is 9.05. The summed E-state index contributed by atoms with van der Waals surface area (Å²) in [7, 11) is 1.47. The highest BCUT2D eigenvalue weighted by Gasteiger charge is 2.17. The van der Waals surface area contributed by atoms with Gasteiger partial charge in [-0.15, -0.1) is 0 Å². The molecule has 1 aromatic carbocycles. The molecule has 0 aliphatic rings. The lowest BCUT2D eigenvalue weighted by molar-refractivity contribution is -0.384. The van der Waals surface area contributed by atoms with Gasteiger partial charge in [-0.2, -0.15) is 0 Å². The molecule has 1 heterocycles. The van der Waals surface area contributed by atoms with Gasteiger partial charge in [0, 0.05) is 24.8 Å². The zero-order valence-electron chi connectivity index (χ0n) is 14.3. The van der Waals surface area contributed by atoms with Gasteiger partial charge in [0.2, 0.25) is 0 Å². The van der Waals surface area contributed by atoms with Crippen LogP contribution >= 0.6 is 0 Å². The van der Waals surface area contributed by atoms with E-state index in [4.69, 9.17) is 13.9 Å². The molecule has 0 bridgehead atoms. The summed E-state index contributed by atoms with van der Waals surface area (Å²) in [5.74, 6) is -0.488. The average molecular weight is 359 g/mol.